The summed E-state index contributed by atoms with van der Waals surface area (Å²) in [4.78, 5) is 0. The van der Waals surface area contributed by atoms with Gasteiger partial charge in [0.15, 0.2) is 0 Å². The second-order valence-corrected chi connectivity index (χ2v) is 5.13. The minimum absolute atomic E-state index is 0.0293. The summed E-state index contributed by atoms with van der Waals surface area (Å²) in [6.07, 6.45) is 2.24. The zero-order valence-corrected chi connectivity index (χ0v) is 12.0. The molecule has 106 valence electrons. The van der Waals surface area contributed by atoms with Crippen molar-refractivity contribution in [1.82, 2.24) is 5.32 Å². The van der Waals surface area contributed by atoms with Crippen molar-refractivity contribution in [3.63, 3.8) is 0 Å². The summed E-state index contributed by atoms with van der Waals surface area (Å²) in [5.74, 6) is 2.23. The fourth-order valence-electron chi connectivity index (χ4n) is 2.91. The maximum atomic E-state index is 6.46. The van der Waals surface area contributed by atoms with E-state index in [1.807, 2.05) is 19.1 Å². The Morgan fingerprint density at radius 1 is 1.21 bits per heavy atom. The second kappa shape index (κ2) is 6.26. The van der Waals surface area contributed by atoms with Crippen molar-refractivity contribution in [2.45, 2.75) is 25.8 Å². The molecule has 1 fully saturated rings. The fraction of sp³-hybridized carbons (Fsp3) is 0.600. The van der Waals surface area contributed by atoms with Crippen LogP contribution in [0, 0.1) is 12.8 Å². The number of rotatable bonds is 4. The van der Waals surface area contributed by atoms with Gasteiger partial charge in [-0.05, 0) is 44.8 Å². The van der Waals surface area contributed by atoms with Gasteiger partial charge < -0.3 is 20.5 Å². The minimum atomic E-state index is 0.0293. The SMILES string of the molecule is COc1ccc(C(N)C2CCNCC2)c(OC)c1C. The van der Waals surface area contributed by atoms with Crippen molar-refractivity contribution in [3.05, 3.63) is 23.3 Å². The molecule has 4 nitrogen and oxygen atoms in total. The number of hydrogen-bond acceptors (Lipinski definition) is 4. The molecule has 4 heteroatoms. The molecule has 1 atom stereocenters. The summed E-state index contributed by atoms with van der Waals surface area (Å²) >= 11 is 0. The summed E-state index contributed by atoms with van der Waals surface area (Å²) in [5, 5.41) is 3.37. The van der Waals surface area contributed by atoms with E-state index >= 15 is 0 Å². The van der Waals surface area contributed by atoms with E-state index in [1.165, 1.54) is 0 Å². The number of methoxy groups -OCH3 is 2. The highest BCUT2D eigenvalue weighted by Gasteiger charge is 2.25. The van der Waals surface area contributed by atoms with Crippen LogP contribution in [0.4, 0.5) is 0 Å². The molecule has 0 bridgehead atoms. The quantitative estimate of drug-likeness (QED) is 0.873. The van der Waals surface area contributed by atoms with E-state index in [0.717, 1.165) is 48.6 Å². The molecule has 0 aromatic heterocycles. The summed E-state index contributed by atoms with van der Waals surface area (Å²) in [7, 11) is 3.37. The predicted octanol–water partition coefficient (Wildman–Crippen LogP) is 2.01. The second-order valence-electron chi connectivity index (χ2n) is 5.13. The molecule has 1 aliphatic heterocycles. The Hall–Kier alpha value is -1.26. The Labute approximate surface area is 115 Å². The Kier molecular flexibility index (Phi) is 4.66. The molecule has 1 aromatic carbocycles. The van der Waals surface area contributed by atoms with E-state index in [4.69, 9.17) is 15.2 Å². The lowest BCUT2D eigenvalue weighted by atomic mass is 9.85. The molecular weight excluding hydrogens is 240 g/mol. The van der Waals surface area contributed by atoms with Crippen molar-refractivity contribution in [1.29, 1.82) is 0 Å². The molecule has 0 aliphatic carbocycles. The molecule has 1 saturated heterocycles. The van der Waals surface area contributed by atoms with Crippen LogP contribution in [-0.4, -0.2) is 27.3 Å². The third-order valence-corrected chi connectivity index (χ3v) is 4.06. The van der Waals surface area contributed by atoms with Gasteiger partial charge in [0.1, 0.15) is 11.5 Å². The maximum Gasteiger partial charge on any atom is 0.130 e. The van der Waals surface area contributed by atoms with Gasteiger partial charge in [0.05, 0.1) is 14.2 Å². The van der Waals surface area contributed by atoms with Crippen molar-refractivity contribution >= 4 is 0 Å². The van der Waals surface area contributed by atoms with Crippen LogP contribution in [0.5, 0.6) is 11.5 Å². The van der Waals surface area contributed by atoms with Gasteiger partial charge in [0.2, 0.25) is 0 Å². The third-order valence-electron chi connectivity index (χ3n) is 4.06. The zero-order chi connectivity index (χ0) is 13.8. The van der Waals surface area contributed by atoms with Gasteiger partial charge in [-0.25, -0.2) is 0 Å². The standard InChI is InChI=1S/C15H24N2O2/c1-10-13(18-2)5-4-12(15(10)19-3)14(16)11-6-8-17-9-7-11/h4-5,11,14,17H,6-9,16H2,1-3H3. The van der Waals surface area contributed by atoms with E-state index in [0.29, 0.717) is 5.92 Å². The average Bonchev–Trinajstić information content (AvgIpc) is 2.47. The first kappa shape index (κ1) is 14.2. The van der Waals surface area contributed by atoms with Gasteiger partial charge in [0.25, 0.3) is 0 Å². The first-order chi connectivity index (χ1) is 9.19. The summed E-state index contributed by atoms with van der Waals surface area (Å²) in [6, 6.07) is 4.05. The topological polar surface area (TPSA) is 56.5 Å². The molecule has 2 rings (SSSR count). The average molecular weight is 264 g/mol. The van der Waals surface area contributed by atoms with E-state index in [1.54, 1.807) is 14.2 Å². The van der Waals surface area contributed by atoms with Crippen LogP contribution in [0.3, 0.4) is 0 Å². The van der Waals surface area contributed by atoms with Gasteiger partial charge in [-0.2, -0.15) is 0 Å². The molecule has 0 amide bonds. The van der Waals surface area contributed by atoms with E-state index < -0.39 is 0 Å². The maximum absolute atomic E-state index is 6.46. The van der Waals surface area contributed by atoms with Crippen molar-refractivity contribution < 1.29 is 9.47 Å². The molecule has 19 heavy (non-hydrogen) atoms. The number of nitrogens with one attached hydrogen (secondary N) is 1. The van der Waals surface area contributed by atoms with Crippen LogP contribution >= 0.6 is 0 Å². The Balaban J connectivity index is 2.30. The zero-order valence-electron chi connectivity index (χ0n) is 12.0. The molecule has 1 aromatic rings. The highest BCUT2D eigenvalue weighted by molar-refractivity contribution is 5.50. The normalized spacial score (nSPS) is 18.1. The summed E-state index contributed by atoms with van der Waals surface area (Å²) in [5.41, 5.74) is 8.57. The monoisotopic (exact) mass is 264 g/mol. The molecule has 3 N–H and O–H groups in total. The lowest BCUT2D eigenvalue weighted by molar-refractivity contribution is 0.312. The highest BCUT2D eigenvalue weighted by atomic mass is 16.5. The largest absolute Gasteiger partial charge is 0.496 e. The fourth-order valence-corrected chi connectivity index (χ4v) is 2.91. The molecule has 0 spiro atoms. The Morgan fingerprint density at radius 3 is 2.47 bits per heavy atom. The van der Waals surface area contributed by atoms with Gasteiger partial charge in [-0.1, -0.05) is 6.07 Å². The van der Waals surface area contributed by atoms with E-state index in [2.05, 4.69) is 5.32 Å². The van der Waals surface area contributed by atoms with Gasteiger partial charge in [-0.3, -0.25) is 0 Å². The van der Waals surface area contributed by atoms with Crippen molar-refractivity contribution in [2.24, 2.45) is 11.7 Å². The smallest absolute Gasteiger partial charge is 0.130 e. The number of hydrogen-bond donors (Lipinski definition) is 2. The molecule has 1 heterocycles. The molecule has 1 unspecified atom stereocenters. The number of benzene rings is 1. The number of nitrogens with two attached hydrogens (primary N) is 1. The van der Waals surface area contributed by atoms with Crippen molar-refractivity contribution in [2.75, 3.05) is 27.3 Å². The number of ether oxygens (including phenoxy) is 2. The first-order valence-corrected chi connectivity index (χ1v) is 6.86. The van der Waals surface area contributed by atoms with E-state index in [-0.39, 0.29) is 6.04 Å². The number of piperidine rings is 1. The van der Waals surface area contributed by atoms with Gasteiger partial charge >= 0.3 is 0 Å². The summed E-state index contributed by atoms with van der Waals surface area (Å²) in [6.45, 7) is 4.11. The molecular formula is C15H24N2O2. The Morgan fingerprint density at radius 2 is 1.89 bits per heavy atom. The summed E-state index contributed by atoms with van der Waals surface area (Å²) < 4.78 is 10.9. The Bertz CT molecular complexity index is 428. The molecule has 0 radical (unpaired) electrons. The lowest BCUT2D eigenvalue weighted by Gasteiger charge is -2.29. The molecule has 0 saturated carbocycles. The van der Waals surface area contributed by atoms with Crippen LogP contribution in [0.2, 0.25) is 0 Å². The third kappa shape index (κ3) is 2.85. The van der Waals surface area contributed by atoms with Crippen LogP contribution in [0.1, 0.15) is 30.0 Å². The van der Waals surface area contributed by atoms with Gasteiger partial charge in [-0.15, -0.1) is 0 Å². The van der Waals surface area contributed by atoms with Crippen LogP contribution < -0.4 is 20.5 Å². The van der Waals surface area contributed by atoms with Crippen molar-refractivity contribution in [3.8, 4) is 11.5 Å². The minimum Gasteiger partial charge on any atom is -0.496 e. The first-order valence-electron chi connectivity index (χ1n) is 6.86. The van der Waals surface area contributed by atoms with Crippen LogP contribution in [-0.2, 0) is 0 Å². The van der Waals surface area contributed by atoms with E-state index in [9.17, 15) is 0 Å². The van der Waals surface area contributed by atoms with Crippen LogP contribution in [0.15, 0.2) is 12.1 Å². The predicted molar refractivity (Wildman–Crippen MR) is 76.8 cm³/mol. The lowest BCUT2D eigenvalue weighted by Crippen LogP contribution is -2.34. The van der Waals surface area contributed by atoms with Crippen LogP contribution in [0.25, 0.3) is 0 Å². The van der Waals surface area contributed by atoms with Gasteiger partial charge in [0, 0.05) is 17.2 Å². The molecule has 1 aliphatic rings. The highest BCUT2D eigenvalue weighted by Crippen LogP contribution is 2.38.